The first-order valence-corrected chi connectivity index (χ1v) is 13.2. The Labute approximate surface area is 228 Å². The molecular formula is C30H32FN5OS. The number of nitrogens with zero attached hydrogens (tertiary/aromatic N) is 3. The lowest BCUT2D eigenvalue weighted by molar-refractivity contribution is -0.116. The van der Waals surface area contributed by atoms with Crippen LogP contribution in [0.2, 0.25) is 0 Å². The molecule has 196 valence electrons. The highest BCUT2D eigenvalue weighted by atomic mass is 32.1. The molecule has 1 saturated heterocycles. The fraction of sp³-hybridized carbons (Fsp3) is 0.300. The van der Waals surface area contributed by atoms with E-state index in [1.807, 2.05) is 18.2 Å². The van der Waals surface area contributed by atoms with Gasteiger partial charge in [0.2, 0.25) is 5.91 Å². The van der Waals surface area contributed by atoms with E-state index in [2.05, 4.69) is 77.5 Å². The maximum Gasteiger partial charge on any atom is 0.226 e. The van der Waals surface area contributed by atoms with Gasteiger partial charge in [-0.15, -0.1) is 0 Å². The molecule has 2 N–H and O–H groups in total. The molecule has 6 nitrogen and oxygen atoms in total. The van der Waals surface area contributed by atoms with Crippen LogP contribution in [0.4, 0.5) is 15.8 Å². The summed E-state index contributed by atoms with van der Waals surface area (Å²) in [6.07, 6.45) is 4.31. The summed E-state index contributed by atoms with van der Waals surface area (Å²) in [6.45, 7) is 7.00. The summed E-state index contributed by atoms with van der Waals surface area (Å²) in [5, 5.41) is 6.89. The van der Waals surface area contributed by atoms with Crippen molar-refractivity contribution in [3.63, 3.8) is 0 Å². The molecule has 0 unspecified atom stereocenters. The molecule has 1 fully saturated rings. The average molecular weight is 530 g/mol. The van der Waals surface area contributed by atoms with Crippen molar-refractivity contribution >= 4 is 40.2 Å². The standard InChI is InChI=1S/C30H32FN5OS/c1-19-18-30(2,3)35(4)25-13-8-20(17-23(19)25)28-27(24-7-5-6-15-32-24)34-29(38)36(28)16-14-26(37)33-22-11-9-21(31)10-12-22/h5-13,15,17-18,27-28H,14,16H2,1-4H3,(H,33,37)(H,34,38)/t27-,28+/m0/s1. The van der Waals surface area contributed by atoms with Gasteiger partial charge in [-0.2, -0.15) is 0 Å². The lowest BCUT2D eigenvalue weighted by Crippen LogP contribution is -2.42. The molecule has 2 aromatic carbocycles. The Morgan fingerprint density at radius 1 is 1.16 bits per heavy atom. The maximum atomic E-state index is 13.2. The number of halogens is 1. The zero-order valence-corrected chi connectivity index (χ0v) is 22.8. The molecule has 0 spiro atoms. The van der Waals surface area contributed by atoms with E-state index >= 15 is 0 Å². The highest BCUT2D eigenvalue weighted by Crippen LogP contribution is 2.43. The normalized spacial score (nSPS) is 20.0. The third-order valence-corrected chi connectivity index (χ3v) is 7.84. The fourth-order valence-corrected chi connectivity index (χ4v) is 5.68. The number of rotatable bonds is 6. The molecule has 8 heteroatoms. The molecule has 2 aliphatic heterocycles. The minimum atomic E-state index is -0.343. The first-order chi connectivity index (χ1) is 18.1. The molecule has 38 heavy (non-hydrogen) atoms. The molecule has 2 aliphatic rings. The number of hydrogen-bond donors (Lipinski definition) is 2. The van der Waals surface area contributed by atoms with Gasteiger partial charge in [0.25, 0.3) is 0 Å². The molecule has 5 rings (SSSR count). The van der Waals surface area contributed by atoms with Gasteiger partial charge in [0.1, 0.15) is 5.82 Å². The van der Waals surface area contributed by atoms with Crippen molar-refractivity contribution in [3.8, 4) is 0 Å². The first-order valence-electron chi connectivity index (χ1n) is 12.7. The summed E-state index contributed by atoms with van der Waals surface area (Å²) in [5.41, 5.74) is 6.09. The molecule has 0 bridgehead atoms. The van der Waals surface area contributed by atoms with Gasteiger partial charge in [0.15, 0.2) is 5.11 Å². The zero-order valence-electron chi connectivity index (χ0n) is 22.0. The number of allylic oxidation sites excluding steroid dienone is 1. The molecule has 3 heterocycles. The minimum absolute atomic E-state index is 0.0739. The van der Waals surface area contributed by atoms with Crippen LogP contribution in [0.1, 0.15) is 56.1 Å². The second kappa shape index (κ2) is 10.2. The highest BCUT2D eigenvalue weighted by molar-refractivity contribution is 7.80. The van der Waals surface area contributed by atoms with E-state index in [1.54, 1.807) is 18.3 Å². The summed E-state index contributed by atoms with van der Waals surface area (Å²) < 4.78 is 13.2. The summed E-state index contributed by atoms with van der Waals surface area (Å²) in [7, 11) is 2.12. The van der Waals surface area contributed by atoms with Crippen molar-refractivity contribution in [3.05, 3.63) is 95.6 Å². The van der Waals surface area contributed by atoms with E-state index in [1.165, 1.54) is 29.0 Å². The smallest absolute Gasteiger partial charge is 0.226 e. The first kappa shape index (κ1) is 25.9. The Kier molecular flexibility index (Phi) is 6.92. The van der Waals surface area contributed by atoms with Gasteiger partial charge >= 0.3 is 0 Å². The molecule has 0 radical (unpaired) electrons. The monoisotopic (exact) mass is 529 g/mol. The molecule has 1 amide bonds. The number of hydrogen-bond acceptors (Lipinski definition) is 4. The van der Waals surface area contributed by atoms with Crippen molar-refractivity contribution in [2.75, 3.05) is 23.8 Å². The number of likely N-dealkylation sites (N-methyl/N-ethyl adjacent to an activating group) is 1. The van der Waals surface area contributed by atoms with E-state index in [9.17, 15) is 9.18 Å². The van der Waals surface area contributed by atoms with Crippen molar-refractivity contribution in [1.29, 1.82) is 0 Å². The van der Waals surface area contributed by atoms with Crippen LogP contribution < -0.4 is 15.5 Å². The number of carbonyl (C=O) groups excluding carboxylic acids is 1. The predicted molar refractivity (Wildman–Crippen MR) is 154 cm³/mol. The summed E-state index contributed by atoms with van der Waals surface area (Å²) in [6, 6.07) is 17.9. The number of aromatic nitrogens is 1. The number of amides is 1. The van der Waals surface area contributed by atoms with Crippen molar-refractivity contribution < 1.29 is 9.18 Å². The van der Waals surface area contributed by atoms with Gasteiger partial charge in [-0.25, -0.2) is 4.39 Å². The summed E-state index contributed by atoms with van der Waals surface area (Å²) in [4.78, 5) is 21.8. The van der Waals surface area contributed by atoms with Gasteiger partial charge in [-0.3, -0.25) is 9.78 Å². The molecule has 2 atom stereocenters. The molecule has 0 saturated carbocycles. The van der Waals surface area contributed by atoms with Gasteiger partial charge in [0.05, 0.1) is 23.3 Å². The number of anilines is 2. The number of benzene rings is 2. The predicted octanol–water partition coefficient (Wildman–Crippen LogP) is 5.85. The van der Waals surface area contributed by atoms with Crippen LogP contribution in [-0.2, 0) is 4.79 Å². The SMILES string of the molecule is CC1=CC(C)(C)N(C)c2ccc([C@@H]3[C@H](c4ccccn4)NC(=S)N3CCC(=O)Nc3ccc(F)cc3)cc21. The van der Waals surface area contributed by atoms with Crippen LogP contribution in [0, 0.1) is 5.82 Å². The second-order valence-corrected chi connectivity index (χ2v) is 10.8. The van der Waals surface area contributed by atoms with Crippen LogP contribution in [0.25, 0.3) is 5.57 Å². The van der Waals surface area contributed by atoms with Gasteiger partial charge < -0.3 is 20.4 Å². The van der Waals surface area contributed by atoms with Crippen molar-refractivity contribution in [1.82, 2.24) is 15.2 Å². The third-order valence-electron chi connectivity index (χ3n) is 7.49. The quantitative estimate of drug-likeness (QED) is 0.391. The molecule has 0 aliphatic carbocycles. The zero-order chi connectivity index (χ0) is 27.0. The Hall–Kier alpha value is -3.78. The van der Waals surface area contributed by atoms with E-state index < -0.39 is 0 Å². The van der Waals surface area contributed by atoms with Crippen LogP contribution in [0.5, 0.6) is 0 Å². The van der Waals surface area contributed by atoms with Gasteiger partial charge in [0, 0.05) is 43.1 Å². The average Bonchev–Trinajstić information content (AvgIpc) is 3.23. The largest absolute Gasteiger partial charge is 0.366 e. The Balaban J connectivity index is 1.45. The topological polar surface area (TPSA) is 60.5 Å². The van der Waals surface area contributed by atoms with E-state index in [0.717, 1.165) is 11.3 Å². The summed E-state index contributed by atoms with van der Waals surface area (Å²) in [5.74, 6) is -0.502. The second-order valence-electron chi connectivity index (χ2n) is 10.4. The van der Waals surface area contributed by atoms with E-state index in [-0.39, 0.29) is 35.8 Å². The fourth-order valence-electron chi connectivity index (χ4n) is 5.35. The number of pyridine rings is 1. The minimum Gasteiger partial charge on any atom is -0.366 e. The lowest BCUT2D eigenvalue weighted by atomic mass is 9.86. The van der Waals surface area contributed by atoms with E-state index in [0.29, 0.717) is 17.3 Å². The van der Waals surface area contributed by atoms with E-state index in [4.69, 9.17) is 12.2 Å². The van der Waals surface area contributed by atoms with Crippen LogP contribution in [-0.4, -0.2) is 40.0 Å². The van der Waals surface area contributed by atoms with Crippen LogP contribution in [0.15, 0.2) is 72.9 Å². The molecule has 1 aromatic heterocycles. The van der Waals surface area contributed by atoms with Crippen molar-refractivity contribution in [2.24, 2.45) is 0 Å². The lowest BCUT2D eigenvalue weighted by Gasteiger charge is -2.41. The number of thiocarbonyl (C=S) groups is 1. The van der Waals surface area contributed by atoms with Crippen molar-refractivity contribution in [2.45, 2.75) is 44.8 Å². The van der Waals surface area contributed by atoms with Gasteiger partial charge in [-0.05, 0) is 92.7 Å². The number of fused-ring (bicyclic) bond motifs is 1. The molecule has 3 aromatic rings. The highest BCUT2D eigenvalue weighted by Gasteiger charge is 2.40. The Morgan fingerprint density at radius 2 is 1.92 bits per heavy atom. The third kappa shape index (κ3) is 5.00. The number of nitrogens with one attached hydrogen (secondary N) is 2. The summed E-state index contributed by atoms with van der Waals surface area (Å²) >= 11 is 5.78. The number of carbonyl (C=O) groups is 1. The Bertz CT molecular complexity index is 1390. The maximum absolute atomic E-state index is 13.2. The Morgan fingerprint density at radius 3 is 2.63 bits per heavy atom. The molecular weight excluding hydrogens is 497 g/mol. The van der Waals surface area contributed by atoms with Crippen LogP contribution >= 0.6 is 12.2 Å². The van der Waals surface area contributed by atoms with Gasteiger partial charge in [-0.1, -0.05) is 18.2 Å². The van der Waals surface area contributed by atoms with Crippen LogP contribution in [0.3, 0.4) is 0 Å².